The van der Waals surface area contributed by atoms with Gasteiger partial charge < -0.3 is 14.5 Å². The van der Waals surface area contributed by atoms with Crippen molar-refractivity contribution in [2.75, 3.05) is 6.61 Å². The van der Waals surface area contributed by atoms with E-state index in [0.717, 1.165) is 48.1 Å². The smallest absolute Gasteiger partial charge is 0.336 e. The number of fused-ring (bicyclic) bond motifs is 1. The standard InChI is InChI=1S/C20H25NO4/c1-12-4-6-15(7-5-12)21-18(22)11-24-17-9-8-16-13(2)10-19(23)25-20(16)14(17)3/h8-10,12,15H,4-7,11H2,1-3H3,(H,21,22). The number of ether oxygens (including phenoxy) is 1. The lowest BCUT2D eigenvalue weighted by molar-refractivity contribution is -0.124. The summed E-state index contributed by atoms with van der Waals surface area (Å²) in [6.45, 7) is 5.93. The van der Waals surface area contributed by atoms with Gasteiger partial charge in [-0.15, -0.1) is 0 Å². The first-order valence-electron chi connectivity index (χ1n) is 8.90. The Hall–Kier alpha value is -2.30. The largest absolute Gasteiger partial charge is 0.483 e. The van der Waals surface area contributed by atoms with Crippen LogP contribution in [0, 0.1) is 19.8 Å². The van der Waals surface area contributed by atoms with Crippen LogP contribution in [0.25, 0.3) is 11.0 Å². The van der Waals surface area contributed by atoms with E-state index in [1.54, 1.807) is 0 Å². The number of nitrogens with one attached hydrogen (secondary N) is 1. The minimum Gasteiger partial charge on any atom is -0.483 e. The zero-order valence-corrected chi connectivity index (χ0v) is 15.1. The second-order valence-electron chi connectivity index (χ2n) is 7.13. The molecule has 1 aliphatic carbocycles. The van der Waals surface area contributed by atoms with Gasteiger partial charge in [0.25, 0.3) is 5.91 Å². The van der Waals surface area contributed by atoms with Crippen LogP contribution in [0.15, 0.2) is 27.4 Å². The number of hydrogen-bond donors (Lipinski definition) is 1. The summed E-state index contributed by atoms with van der Waals surface area (Å²) in [5.74, 6) is 1.21. The first-order chi connectivity index (χ1) is 11.9. The Labute approximate surface area is 147 Å². The molecule has 0 saturated heterocycles. The van der Waals surface area contributed by atoms with E-state index < -0.39 is 0 Å². The van der Waals surface area contributed by atoms with Crippen molar-refractivity contribution in [2.45, 2.75) is 52.5 Å². The van der Waals surface area contributed by atoms with Crippen molar-refractivity contribution < 1.29 is 13.9 Å². The van der Waals surface area contributed by atoms with Crippen molar-refractivity contribution in [3.63, 3.8) is 0 Å². The predicted octanol–water partition coefficient (Wildman–Crippen LogP) is 3.48. The van der Waals surface area contributed by atoms with E-state index in [1.165, 1.54) is 6.07 Å². The molecule has 0 radical (unpaired) electrons. The number of hydrogen-bond acceptors (Lipinski definition) is 4. The van der Waals surface area contributed by atoms with Gasteiger partial charge in [0.2, 0.25) is 0 Å². The highest BCUT2D eigenvalue weighted by atomic mass is 16.5. The lowest BCUT2D eigenvalue weighted by Crippen LogP contribution is -2.39. The molecule has 0 spiro atoms. The van der Waals surface area contributed by atoms with Gasteiger partial charge in [-0.3, -0.25) is 4.79 Å². The number of amides is 1. The van der Waals surface area contributed by atoms with Crippen LogP contribution >= 0.6 is 0 Å². The van der Waals surface area contributed by atoms with Crippen LogP contribution in [0.3, 0.4) is 0 Å². The minimum absolute atomic E-state index is 0.0333. The van der Waals surface area contributed by atoms with Crippen molar-refractivity contribution in [1.29, 1.82) is 0 Å². The Morgan fingerprint density at radius 3 is 2.68 bits per heavy atom. The SMILES string of the molecule is Cc1cc(=O)oc2c(C)c(OCC(=O)NC3CCC(C)CC3)ccc12. The molecule has 1 fully saturated rings. The van der Waals surface area contributed by atoms with Gasteiger partial charge in [-0.2, -0.15) is 0 Å². The van der Waals surface area contributed by atoms with Gasteiger partial charge in [0.05, 0.1) is 0 Å². The van der Waals surface area contributed by atoms with Crippen LogP contribution in [-0.2, 0) is 4.79 Å². The van der Waals surface area contributed by atoms with Crippen LogP contribution in [0.4, 0.5) is 0 Å². The zero-order chi connectivity index (χ0) is 18.0. The predicted molar refractivity (Wildman–Crippen MR) is 97.0 cm³/mol. The second-order valence-corrected chi connectivity index (χ2v) is 7.13. The molecule has 1 amide bonds. The number of rotatable bonds is 4. The summed E-state index contributed by atoms with van der Waals surface area (Å²) < 4.78 is 11.0. The van der Waals surface area contributed by atoms with Gasteiger partial charge in [-0.05, 0) is 63.1 Å². The molecule has 0 aliphatic heterocycles. The first-order valence-corrected chi connectivity index (χ1v) is 8.90. The Balaban J connectivity index is 1.66. The highest BCUT2D eigenvalue weighted by Crippen LogP contribution is 2.28. The maximum atomic E-state index is 12.1. The van der Waals surface area contributed by atoms with Crippen LogP contribution in [-0.4, -0.2) is 18.6 Å². The van der Waals surface area contributed by atoms with Crippen molar-refractivity contribution in [2.24, 2.45) is 5.92 Å². The summed E-state index contributed by atoms with van der Waals surface area (Å²) in [6, 6.07) is 5.41. The van der Waals surface area contributed by atoms with E-state index in [4.69, 9.17) is 9.15 Å². The summed E-state index contributed by atoms with van der Waals surface area (Å²) in [6.07, 6.45) is 4.39. The fourth-order valence-electron chi connectivity index (χ4n) is 3.47. The lowest BCUT2D eigenvalue weighted by Gasteiger charge is -2.26. The van der Waals surface area contributed by atoms with E-state index in [9.17, 15) is 9.59 Å². The fourth-order valence-corrected chi connectivity index (χ4v) is 3.47. The summed E-state index contributed by atoms with van der Waals surface area (Å²) in [5, 5.41) is 3.93. The maximum Gasteiger partial charge on any atom is 0.336 e. The molecule has 1 aromatic carbocycles. The monoisotopic (exact) mass is 343 g/mol. The average Bonchev–Trinajstić information content (AvgIpc) is 2.57. The molecule has 2 aromatic rings. The van der Waals surface area contributed by atoms with Crippen molar-refractivity contribution in [3.05, 3.63) is 39.7 Å². The minimum atomic E-state index is -0.380. The molecular weight excluding hydrogens is 318 g/mol. The molecule has 1 heterocycles. The Morgan fingerprint density at radius 2 is 1.96 bits per heavy atom. The third-order valence-electron chi connectivity index (χ3n) is 5.06. The van der Waals surface area contributed by atoms with Crippen LogP contribution in [0.2, 0.25) is 0 Å². The van der Waals surface area contributed by atoms with Gasteiger partial charge in [-0.25, -0.2) is 4.79 Å². The highest BCUT2D eigenvalue weighted by Gasteiger charge is 2.20. The topological polar surface area (TPSA) is 68.5 Å². The van der Waals surface area contributed by atoms with Crippen LogP contribution in [0.5, 0.6) is 5.75 Å². The molecular formula is C20H25NO4. The van der Waals surface area contributed by atoms with Gasteiger partial charge >= 0.3 is 5.63 Å². The molecule has 25 heavy (non-hydrogen) atoms. The van der Waals surface area contributed by atoms with Gasteiger partial charge in [0.15, 0.2) is 6.61 Å². The molecule has 0 bridgehead atoms. The molecule has 1 N–H and O–H groups in total. The number of benzene rings is 1. The van der Waals surface area contributed by atoms with Gasteiger partial charge in [0.1, 0.15) is 11.3 Å². The third kappa shape index (κ3) is 4.03. The van der Waals surface area contributed by atoms with Gasteiger partial charge in [-0.1, -0.05) is 6.92 Å². The van der Waals surface area contributed by atoms with E-state index in [0.29, 0.717) is 11.3 Å². The van der Waals surface area contributed by atoms with E-state index in [1.807, 2.05) is 26.0 Å². The first kappa shape index (κ1) is 17.5. The number of carbonyl (C=O) groups excluding carboxylic acids is 1. The Morgan fingerprint density at radius 1 is 1.24 bits per heavy atom. The normalized spacial score (nSPS) is 20.4. The highest BCUT2D eigenvalue weighted by molar-refractivity contribution is 5.85. The molecule has 1 aliphatic rings. The van der Waals surface area contributed by atoms with Crippen molar-refractivity contribution >= 4 is 16.9 Å². The molecule has 5 nitrogen and oxygen atoms in total. The summed E-state index contributed by atoms with van der Waals surface area (Å²) in [5.41, 5.74) is 1.74. The van der Waals surface area contributed by atoms with Crippen LogP contribution < -0.4 is 15.7 Å². The summed E-state index contributed by atoms with van der Waals surface area (Å²) in [7, 11) is 0. The second kappa shape index (κ2) is 7.30. The van der Waals surface area contributed by atoms with E-state index >= 15 is 0 Å². The summed E-state index contributed by atoms with van der Waals surface area (Å²) in [4.78, 5) is 23.7. The molecule has 0 unspecified atom stereocenters. The zero-order valence-electron chi connectivity index (χ0n) is 15.1. The third-order valence-corrected chi connectivity index (χ3v) is 5.06. The lowest BCUT2D eigenvalue weighted by atomic mass is 9.87. The molecule has 5 heteroatoms. The van der Waals surface area contributed by atoms with Crippen molar-refractivity contribution in [3.8, 4) is 5.75 Å². The average molecular weight is 343 g/mol. The molecule has 0 atom stereocenters. The fraction of sp³-hybridized carbons (Fsp3) is 0.500. The number of aryl methyl sites for hydroxylation is 2. The number of carbonyl (C=O) groups is 1. The molecule has 1 saturated carbocycles. The summed E-state index contributed by atoms with van der Waals surface area (Å²) >= 11 is 0. The quantitative estimate of drug-likeness (QED) is 0.863. The van der Waals surface area contributed by atoms with Crippen molar-refractivity contribution in [1.82, 2.24) is 5.32 Å². The molecule has 1 aromatic heterocycles. The molecule has 3 rings (SSSR count). The van der Waals surface area contributed by atoms with E-state index in [2.05, 4.69) is 12.2 Å². The van der Waals surface area contributed by atoms with E-state index in [-0.39, 0.29) is 24.2 Å². The maximum absolute atomic E-state index is 12.1. The van der Waals surface area contributed by atoms with Gasteiger partial charge in [0, 0.05) is 23.1 Å². The Kier molecular flexibility index (Phi) is 5.11. The van der Waals surface area contributed by atoms with Crippen LogP contribution in [0.1, 0.15) is 43.7 Å². The Bertz CT molecular complexity index is 831. The molecule has 134 valence electrons.